The van der Waals surface area contributed by atoms with E-state index in [0.29, 0.717) is 10.5 Å². The average Bonchev–Trinajstić information content (AvgIpc) is 2.59. The third-order valence-electron chi connectivity index (χ3n) is 2.32. The number of halogens is 1. The van der Waals surface area contributed by atoms with Crippen molar-refractivity contribution < 1.29 is 9.53 Å². The summed E-state index contributed by atoms with van der Waals surface area (Å²) in [6, 6.07) is 0. The standard InChI is InChI=1S/C9H11BrN2O2/c1-14-9(13)6-2-3-12-7(10)5-11-8(12)4-6/h2-4,7-8,11H,5H2,1H3/t7-,8+/m0/s1. The molecule has 0 spiro atoms. The first-order chi connectivity index (χ1) is 6.72. The van der Waals surface area contributed by atoms with E-state index in [1.807, 2.05) is 12.3 Å². The fourth-order valence-corrected chi connectivity index (χ4v) is 2.16. The monoisotopic (exact) mass is 258 g/mol. The number of hydrogen-bond donors (Lipinski definition) is 1. The lowest BCUT2D eigenvalue weighted by molar-refractivity contribution is -0.135. The second-order valence-electron chi connectivity index (χ2n) is 3.16. The number of carbonyl (C=O) groups excluding carboxylic acids is 1. The molecule has 76 valence electrons. The lowest BCUT2D eigenvalue weighted by atomic mass is 10.1. The molecule has 0 amide bonds. The van der Waals surface area contributed by atoms with Crippen LogP contribution in [0.2, 0.25) is 0 Å². The number of rotatable bonds is 1. The van der Waals surface area contributed by atoms with Crippen LogP contribution in [0.1, 0.15) is 0 Å². The van der Waals surface area contributed by atoms with Crippen LogP contribution in [0.5, 0.6) is 0 Å². The molecule has 2 aliphatic heterocycles. The number of nitrogens with zero attached hydrogens (tertiary/aromatic N) is 1. The number of hydrogen-bond acceptors (Lipinski definition) is 4. The summed E-state index contributed by atoms with van der Waals surface area (Å²) in [4.78, 5) is 13.6. The van der Waals surface area contributed by atoms with Crippen molar-refractivity contribution in [3.63, 3.8) is 0 Å². The molecule has 0 aliphatic carbocycles. The zero-order valence-corrected chi connectivity index (χ0v) is 9.32. The van der Waals surface area contributed by atoms with Gasteiger partial charge in [0.15, 0.2) is 0 Å². The van der Waals surface area contributed by atoms with Crippen LogP contribution in [0.4, 0.5) is 0 Å². The van der Waals surface area contributed by atoms with E-state index in [9.17, 15) is 4.79 Å². The van der Waals surface area contributed by atoms with Gasteiger partial charge in [-0.2, -0.15) is 0 Å². The van der Waals surface area contributed by atoms with Gasteiger partial charge in [-0.05, 0) is 12.2 Å². The summed E-state index contributed by atoms with van der Waals surface area (Å²) in [6.45, 7) is 0.861. The second kappa shape index (κ2) is 3.74. The minimum absolute atomic E-state index is 0.0958. The molecule has 2 aliphatic rings. The molecule has 0 saturated carbocycles. The predicted molar refractivity (Wildman–Crippen MR) is 55.6 cm³/mol. The molecule has 2 atom stereocenters. The van der Waals surface area contributed by atoms with Gasteiger partial charge >= 0.3 is 5.97 Å². The zero-order chi connectivity index (χ0) is 10.1. The van der Waals surface area contributed by atoms with Crippen LogP contribution >= 0.6 is 15.9 Å². The Labute approximate surface area is 90.7 Å². The lowest BCUT2D eigenvalue weighted by Gasteiger charge is -2.25. The van der Waals surface area contributed by atoms with Gasteiger partial charge in [0.05, 0.1) is 17.6 Å². The van der Waals surface area contributed by atoms with Gasteiger partial charge < -0.3 is 9.64 Å². The molecule has 1 N–H and O–H groups in total. The van der Waals surface area contributed by atoms with E-state index in [2.05, 4.69) is 30.9 Å². The molecule has 0 aromatic carbocycles. The highest BCUT2D eigenvalue weighted by Crippen LogP contribution is 2.23. The quantitative estimate of drug-likeness (QED) is 0.424. The van der Waals surface area contributed by atoms with Crippen LogP contribution in [0.25, 0.3) is 0 Å². The van der Waals surface area contributed by atoms with E-state index in [-0.39, 0.29) is 12.1 Å². The first kappa shape index (κ1) is 9.73. The molecule has 14 heavy (non-hydrogen) atoms. The Bertz CT molecular complexity index is 314. The van der Waals surface area contributed by atoms with E-state index >= 15 is 0 Å². The molecule has 5 heteroatoms. The molecular formula is C9H11BrN2O2. The summed E-state index contributed by atoms with van der Waals surface area (Å²) in [5, 5.41) is 3.26. The van der Waals surface area contributed by atoms with Crippen molar-refractivity contribution >= 4 is 21.9 Å². The van der Waals surface area contributed by atoms with Crippen molar-refractivity contribution in [3.8, 4) is 0 Å². The summed E-state index contributed by atoms with van der Waals surface area (Å²) in [7, 11) is 1.39. The third kappa shape index (κ3) is 1.57. The van der Waals surface area contributed by atoms with Gasteiger partial charge in [-0.15, -0.1) is 0 Å². The predicted octanol–water partition coefficient (Wildman–Crippen LogP) is 0.565. The van der Waals surface area contributed by atoms with Crippen molar-refractivity contribution in [2.24, 2.45) is 0 Å². The first-order valence-corrected chi connectivity index (χ1v) is 5.27. The smallest absolute Gasteiger partial charge is 0.337 e. The number of fused-ring (bicyclic) bond motifs is 1. The zero-order valence-electron chi connectivity index (χ0n) is 7.74. The Balaban J connectivity index is 2.16. The van der Waals surface area contributed by atoms with Gasteiger partial charge in [-0.1, -0.05) is 15.9 Å². The highest BCUT2D eigenvalue weighted by atomic mass is 79.9. The normalized spacial score (nSPS) is 29.9. The molecule has 1 fully saturated rings. The minimum atomic E-state index is -0.291. The number of carbonyl (C=O) groups is 1. The van der Waals surface area contributed by atoms with Gasteiger partial charge in [0.2, 0.25) is 0 Å². The highest BCUT2D eigenvalue weighted by molar-refractivity contribution is 9.09. The lowest BCUT2D eigenvalue weighted by Crippen LogP contribution is -2.34. The van der Waals surface area contributed by atoms with Crippen LogP contribution in [0.3, 0.4) is 0 Å². The highest BCUT2D eigenvalue weighted by Gasteiger charge is 2.30. The van der Waals surface area contributed by atoms with Crippen molar-refractivity contribution in [1.82, 2.24) is 10.2 Å². The summed E-state index contributed by atoms with van der Waals surface area (Å²) in [5.74, 6) is -0.291. The minimum Gasteiger partial charge on any atom is -0.465 e. The molecule has 0 bridgehead atoms. The average molecular weight is 259 g/mol. The third-order valence-corrected chi connectivity index (χ3v) is 3.12. The Morgan fingerprint density at radius 3 is 3.29 bits per heavy atom. The molecule has 4 nitrogen and oxygen atoms in total. The summed E-state index contributed by atoms with van der Waals surface area (Å²) >= 11 is 3.52. The van der Waals surface area contributed by atoms with Crippen LogP contribution < -0.4 is 5.32 Å². The van der Waals surface area contributed by atoms with Crippen molar-refractivity contribution in [1.29, 1.82) is 0 Å². The number of methoxy groups -OCH3 is 1. The van der Waals surface area contributed by atoms with Crippen molar-refractivity contribution in [2.45, 2.75) is 11.1 Å². The van der Waals surface area contributed by atoms with Gasteiger partial charge in [0, 0.05) is 12.7 Å². The SMILES string of the molecule is COC(=O)C1=C[C@@H]2NC[C@@H](Br)N2C=C1. The first-order valence-electron chi connectivity index (χ1n) is 4.35. The second-order valence-corrected chi connectivity index (χ2v) is 4.22. The number of nitrogens with one attached hydrogen (secondary N) is 1. The van der Waals surface area contributed by atoms with Crippen LogP contribution in [-0.4, -0.2) is 35.6 Å². The van der Waals surface area contributed by atoms with E-state index in [1.165, 1.54) is 7.11 Å². The summed E-state index contributed by atoms with van der Waals surface area (Å²) < 4.78 is 4.65. The molecule has 2 rings (SSSR count). The molecule has 0 unspecified atom stereocenters. The van der Waals surface area contributed by atoms with Crippen molar-refractivity contribution in [3.05, 3.63) is 23.9 Å². The van der Waals surface area contributed by atoms with Gasteiger partial charge in [0.25, 0.3) is 0 Å². The number of ether oxygens (including phenoxy) is 1. The fourth-order valence-electron chi connectivity index (χ4n) is 1.58. The molecule has 2 heterocycles. The Kier molecular flexibility index (Phi) is 2.60. The number of alkyl halides is 1. The molecular weight excluding hydrogens is 248 g/mol. The molecule has 0 radical (unpaired) electrons. The fraction of sp³-hybridized carbons (Fsp3) is 0.444. The largest absolute Gasteiger partial charge is 0.465 e. The maximum absolute atomic E-state index is 11.2. The Morgan fingerprint density at radius 2 is 2.57 bits per heavy atom. The maximum atomic E-state index is 11.2. The number of esters is 1. The van der Waals surface area contributed by atoms with Gasteiger partial charge in [0.1, 0.15) is 6.17 Å². The topological polar surface area (TPSA) is 41.6 Å². The Morgan fingerprint density at radius 1 is 1.79 bits per heavy atom. The van der Waals surface area contributed by atoms with E-state index in [4.69, 9.17) is 0 Å². The molecule has 1 saturated heterocycles. The van der Waals surface area contributed by atoms with E-state index < -0.39 is 0 Å². The Hall–Kier alpha value is -0.810. The van der Waals surface area contributed by atoms with Gasteiger partial charge in [-0.25, -0.2) is 4.79 Å². The van der Waals surface area contributed by atoms with Crippen LogP contribution in [0, 0.1) is 0 Å². The molecule has 0 aromatic heterocycles. The summed E-state index contributed by atoms with van der Waals surface area (Å²) in [6.07, 6.45) is 5.63. The van der Waals surface area contributed by atoms with E-state index in [1.54, 1.807) is 6.08 Å². The van der Waals surface area contributed by atoms with Crippen molar-refractivity contribution in [2.75, 3.05) is 13.7 Å². The van der Waals surface area contributed by atoms with Crippen LogP contribution in [-0.2, 0) is 9.53 Å². The van der Waals surface area contributed by atoms with E-state index in [0.717, 1.165) is 6.54 Å². The molecule has 0 aromatic rings. The van der Waals surface area contributed by atoms with Crippen LogP contribution in [0.15, 0.2) is 23.9 Å². The maximum Gasteiger partial charge on any atom is 0.337 e. The summed E-state index contributed by atoms with van der Waals surface area (Å²) in [5.41, 5.74) is 0.600. The van der Waals surface area contributed by atoms with Gasteiger partial charge in [-0.3, -0.25) is 5.32 Å².